The highest BCUT2D eigenvalue weighted by molar-refractivity contribution is 7.11. The molecule has 1 fully saturated rings. The van der Waals surface area contributed by atoms with Gasteiger partial charge in [0.2, 0.25) is 5.95 Å². The fourth-order valence-corrected chi connectivity index (χ4v) is 5.33. The molecule has 1 aliphatic rings. The molecule has 4 aromatic rings. The molecular weight excluding hydrogens is 482 g/mol. The van der Waals surface area contributed by atoms with Crippen molar-refractivity contribution in [1.82, 2.24) is 20.2 Å². The van der Waals surface area contributed by atoms with Crippen LogP contribution in [0.2, 0.25) is 0 Å². The summed E-state index contributed by atoms with van der Waals surface area (Å²) in [4.78, 5) is 23.5. The van der Waals surface area contributed by atoms with Gasteiger partial charge in [-0.15, -0.1) is 21.5 Å². The molecule has 1 saturated heterocycles. The number of nitriles is 1. The topological polar surface area (TPSA) is 108 Å². The molecule has 0 atom stereocenters. The number of aryl methyl sites for hydroxylation is 1. The van der Waals surface area contributed by atoms with Crippen molar-refractivity contribution in [2.24, 2.45) is 0 Å². The Morgan fingerprint density at radius 1 is 1.08 bits per heavy atom. The van der Waals surface area contributed by atoms with Crippen LogP contribution in [0.4, 0.5) is 17.3 Å². The van der Waals surface area contributed by atoms with Gasteiger partial charge in [-0.2, -0.15) is 5.26 Å². The molecule has 3 heterocycles. The molecule has 8 nitrogen and oxygen atoms in total. The predicted molar refractivity (Wildman–Crippen MR) is 145 cm³/mol. The number of aromatic nitrogens is 4. The molecule has 2 aromatic heterocycles. The lowest BCUT2D eigenvalue weighted by Crippen LogP contribution is -2.32. The van der Waals surface area contributed by atoms with Gasteiger partial charge in [-0.05, 0) is 50.1 Å². The zero-order valence-corrected chi connectivity index (χ0v) is 21.4. The van der Waals surface area contributed by atoms with E-state index in [2.05, 4.69) is 42.5 Å². The highest BCUT2D eigenvalue weighted by Gasteiger charge is 2.23. The van der Waals surface area contributed by atoms with Crippen molar-refractivity contribution in [3.05, 3.63) is 76.4 Å². The van der Waals surface area contributed by atoms with Crippen LogP contribution in [-0.4, -0.2) is 39.0 Å². The van der Waals surface area contributed by atoms with Gasteiger partial charge in [0.1, 0.15) is 10.0 Å². The van der Waals surface area contributed by atoms with Crippen LogP contribution in [-0.2, 0) is 0 Å². The Labute approximate surface area is 220 Å². The maximum absolute atomic E-state index is 12.1. The van der Waals surface area contributed by atoms with Gasteiger partial charge in [0.05, 0.1) is 11.8 Å². The van der Waals surface area contributed by atoms with E-state index in [1.807, 2.05) is 43.3 Å². The van der Waals surface area contributed by atoms with Crippen molar-refractivity contribution in [2.45, 2.75) is 38.5 Å². The van der Waals surface area contributed by atoms with Crippen LogP contribution in [0, 0.1) is 18.3 Å². The molecule has 0 amide bonds. The Hall–Kier alpha value is -4.16. The zero-order chi connectivity index (χ0) is 25.6. The van der Waals surface area contributed by atoms with Gasteiger partial charge in [-0.3, -0.25) is 4.79 Å². The third-order valence-corrected chi connectivity index (χ3v) is 7.50. The number of nitrogens with one attached hydrogen (secondary N) is 1. The molecular formula is C28H27N7OS. The number of benzene rings is 2. The van der Waals surface area contributed by atoms with Gasteiger partial charge < -0.3 is 10.2 Å². The van der Waals surface area contributed by atoms with Crippen molar-refractivity contribution in [2.75, 3.05) is 23.3 Å². The molecule has 0 unspecified atom stereocenters. The lowest BCUT2D eigenvalue weighted by molar-refractivity contribution is 0.0984. The van der Waals surface area contributed by atoms with E-state index in [-0.39, 0.29) is 18.6 Å². The van der Waals surface area contributed by atoms with Crippen LogP contribution in [0.5, 0.6) is 0 Å². The summed E-state index contributed by atoms with van der Waals surface area (Å²) in [6.45, 7) is 4.02. The monoisotopic (exact) mass is 509 g/mol. The number of hydrogen-bond acceptors (Lipinski definition) is 9. The molecule has 9 heteroatoms. The molecule has 2 aromatic carbocycles. The summed E-state index contributed by atoms with van der Waals surface area (Å²) in [5, 5.41) is 22.7. The van der Waals surface area contributed by atoms with E-state index in [1.165, 1.54) is 10.7 Å². The van der Waals surface area contributed by atoms with Crippen LogP contribution in [0.25, 0.3) is 11.3 Å². The average Bonchev–Trinajstić information content (AvgIpc) is 3.39. The summed E-state index contributed by atoms with van der Waals surface area (Å²) in [6, 6.07) is 19.5. The summed E-state index contributed by atoms with van der Waals surface area (Å²) in [6.07, 6.45) is 4.35. The molecule has 5 rings (SSSR count). The Balaban J connectivity index is 1.19. The Kier molecular flexibility index (Phi) is 7.47. The van der Waals surface area contributed by atoms with Crippen LogP contribution in [0.15, 0.2) is 60.8 Å². The van der Waals surface area contributed by atoms with E-state index in [1.54, 1.807) is 29.7 Å². The number of Topliss-reactive ketones (excluding diaryl/α,β-unsaturated/α-hetero) is 1. The highest BCUT2D eigenvalue weighted by Crippen LogP contribution is 2.32. The summed E-state index contributed by atoms with van der Waals surface area (Å²) >= 11 is 1.71. The smallest absolute Gasteiger partial charge is 0.227 e. The standard InChI is InChI=1S/C28H27N7OS/c1-19-33-34-27(37-19)22-13-17-35(18-14-22)24-10-8-23(9-11-24)31-28-30-16-12-25(32-28)20-4-6-21(7-5-20)26(36)3-2-15-29/h4-12,16,22H,2-3,13-14,17-18H2,1H3,(H,30,31,32). The number of rotatable bonds is 8. The highest BCUT2D eigenvalue weighted by atomic mass is 32.1. The van der Waals surface area contributed by atoms with Crippen molar-refractivity contribution >= 4 is 34.4 Å². The SMILES string of the molecule is Cc1nnc(C2CCN(c3ccc(Nc4nccc(-c5ccc(C(=O)CCC#N)cc5)n4)cc3)CC2)s1. The minimum Gasteiger partial charge on any atom is -0.371 e. The van der Waals surface area contributed by atoms with Gasteiger partial charge in [0, 0.05) is 60.5 Å². The molecule has 0 spiro atoms. The molecule has 0 bridgehead atoms. The third kappa shape index (κ3) is 5.98. The maximum Gasteiger partial charge on any atom is 0.227 e. The van der Waals surface area contributed by atoms with E-state index in [9.17, 15) is 4.79 Å². The van der Waals surface area contributed by atoms with Gasteiger partial charge in [0.25, 0.3) is 0 Å². The fourth-order valence-electron chi connectivity index (χ4n) is 4.47. The van der Waals surface area contributed by atoms with E-state index in [4.69, 9.17) is 5.26 Å². The van der Waals surface area contributed by atoms with Crippen molar-refractivity contribution in [3.63, 3.8) is 0 Å². The molecule has 37 heavy (non-hydrogen) atoms. The number of nitrogens with zero attached hydrogens (tertiary/aromatic N) is 6. The second kappa shape index (κ2) is 11.3. The molecule has 1 aliphatic heterocycles. The maximum atomic E-state index is 12.1. The van der Waals surface area contributed by atoms with E-state index in [0.717, 1.165) is 47.9 Å². The number of piperidine rings is 1. The summed E-state index contributed by atoms with van der Waals surface area (Å²) in [5.74, 6) is 0.985. The number of anilines is 3. The second-order valence-electron chi connectivity index (χ2n) is 9.02. The average molecular weight is 510 g/mol. The molecule has 0 aliphatic carbocycles. The van der Waals surface area contributed by atoms with Gasteiger partial charge >= 0.3 is 0 Å². The lowest BCUT2D eigenvalue weighted by atomic mass is 9.97. The number of carbonyl (C=O) groups excluding carboxylic acids is 1. The Morgan fingerprint density at radius 2 is 1.84 bits per heavy atom. The van der Waals surface area contributed by atoms with Crippen molar-refractivity contribution in [1.29, 1.82) is 5.26 Å². The second-order valence-corrected chi connectivity index (χ2v) is 10.2. The van der Waals surface area contributed by atoms with Gasteiger partial charge in [-0.25, -0.2) is 9.97 Å². The number of ketones is 1. The van der Waals surface area contributed by atoms with Gasteiger partial charge in [0.15, 0.2) is 5.78 Å². The first-order valence-corrected chi connectivity index (χ1v) is 13.2. The first-order chi connectivity index (χ1) is 18.1. The van der Waals surface area contributed by atoms with Crippen molar-refractivity contribution in [3.8, 4) is 17.3 Å². The largest absolute Gasteiger partial charge is 0.371 e. The lowest BCUT2D eigenvalue weighted by Gasteiger charge is -2.32. The first-order valence-electron chi connectivity index (χ1n) is 12.3. The normalized spacial score (nSPS) is 13.8. The molecule has 1 N–H and O–H groups in total. The molecule has 0 radical (unpaired) electrons. The number of hydrogen-bond donors (Lipinski definition) is 1. The van der Waals surface area contributed by atoms with Crippen LogP contribution in [0.3, 0.4) is 0 Å². The minimum absolute atomic E-state index is 0.0298. The number of carbonyl (C=O) groups is 1. The van der Waals surface area contributed by atoms with Crippen LogP contribution in [0.1, 0.15) is 52.0 Å². The first kappa shape index (κ1) is 24.5. The van der Waals surface area contributed by atoms with E-state index >= 15 is 0 Å². The van der Waals surface area contributed by atoms with Gasteiger partial charge in [-0.1, -0.05) is 24.3 Å². The van der Waals surface area contributed by atoms with Crippen molar-refractivity contribution < 1.29 is 4.79 Å². The minimum atomic E-state index is -0.0298. The zero-order valence-electron chi connectivity index (χ0n) is 20.6. The fraction of sp³-hybridized carbons (Fsp3) is 0.286. The Morgan fingerprint density at radius 3 is 2.51 bits per heavy atom. The van der Waals surface area contributed by atoms with Crippen LogP contribution >= 0.6 is 11.3 Å². The molecule has 0 saturated carbocycles. The van der Waals surface area contributed by atoms with E-state index < -0.39 is 0 Å². The third-order valence-electron chi connectivity index (χ3n) is 6.50. The predicted octanol–water partition coefficient (Wildman–Crippen LogP) is 5.92. The molecule has 186 valence electrons. The van der Waals surface area contributed by atoms with E-state index in [0.29, 0.717) is 17.4 Å². The summed E-state index contributed by atoms with van der Waals surface area (Å²) in [7, 11) is 0. The quantitative estimate of drug-likeness (QED) is 0.292. The van der Waals surface area contributed by atoms with Crippen LogP contribution < -0.4 is 10.2 Å². The summed E-state index contributed by atoms with van der Waals surface area (Å²) in [5.41, 5.74) is 4.38. The summed E-state index contributed by atoms with van der Waals surface area (Å²) < 4.78 is 0. The Bertz CT molecular complexity index is 1400.